The molecule has 8 aromatic carbocycles. The number of aryl methyl sites for hydroxylation is 6. The Bertz CT molecular complexity index is 7830. The van der Waals surface area contributed by atoms with E-state index in [1.165, 1.54) is 48.5 Å². The van der Waals surface area contributed by atoms with Crippen LogP contribution in [0.2, 0.25) is 0 Å². The van der Waals surface area contributed by atoms with Crippen LogP contribution in [0.4, 0.5) is 40.8 Å². The maximum absolute atomic E-state index is 14.8. The molecule has 6 N–H and O–H groups in total. The predicted molar refractivity (Wildman–Crippen MR) is 541 cm³/mol. The normalized spacial score (nSPS) is 14.3. The Morgan fingerprint density at radius 2 is 0.636 bits per heavy atom. The van der Waals surface area contributed by atoms with E-state index in [0.717, 1.165) is 164 Å². The van der Waals surface area contributed by atoms with Crippen LogP contribution in [0.5, 0.6) is 0 Å². The summed E-state index contributed by atoms with van der Waals surface area (Å²) in [6, 6.07) is 53.0. The second kappa shape index (κ2) is 42.5. The molecule has 2 aliphatic rings. The molecule has 22 rings (SSSR count). The third kappa shape index (κ3) is 23.2. The van der Waals surface area contributed by atoms with E-state index >= 15 is 0 Å². The first-order valence-corrected chi connectivity index (χ1v) is 46.3. The van der Waals surface area contributed by atoms with Crippen LogP contribution >= 0.6 is 28.3 Å². The number of rotatable bonds is 20. The number of hydrogen-bond acceptors (Lipinski definition) is 16. The second-order valence-corrected chi connectivity index (χ2v) is 36.7. The van der Waals surface area contributed by atoms with Crippen molar-refractivity contribution in [1.82, 2.24) is 77.6 Å². The summed E-state index contributed by atoms with van der Waals surface area (Å²) >= 11 is 3.51. The fourth-order valence-electron chi connectivity index (χ4n) is 17.4. The molecule has 3 unspecified atom stereocenters. The van der Waals surface area contributed by atoms with Gasteiger partial charge in [0, 0.05) is 208 Å². The first-order chi connectivity index (χ1) is 68.2. The number of aliphatic hydroxyl groups is 2. The quantitative estimate of drug-likeness (QED) is 0.0408. The van der Waals surface area contributed by atoms with Gasteiger partial charge in [0.05, 0.1) is 110 Å². The van der Waals surface area contributed by atoms with Gasteiger partial charge in [-0.05, 0) is 230 Å². The van der Waals surface area contributed by atoms with Gasteiger partial charge in [-0.25, -0.2) is 53.2 Å². The Labute approximate surface area is 831 Å². The van der Waals surface area contributed by atoms with Gasteiger partial charge in [0.25, 0.3) is 0 Å². The van der Waals surface area contributed by atoms with E-state index in [0.29, 0.717) is 77.2 Å². The molecule has 0 spiro atoms. The summed E-state index contributed by atoms with van der Waals surface area (Å²) in [5.41, 5.74) is 36.2. The van der Waals surface area contributed by atoms with Crippen molar-refractivity contribution in [1.29, 1.82) is 0 Å². The molecule has 0 radical (unpaired) electrons. The fraction of sp³-hybridized carbons (Fsp3) is 0.193. The highest BCUT2D eigenvalue weighted by Gasteiger charge is 2.34. The summed E-state index contributed by atoms with van der Waals surface area (Å²) in [5, 5.41) is 54.0. The molecule has 12 aromatic heterocycles. The lowest BCUT2D eigenvalue weighted by atomic mass is 9.94. The van der Waals surface area contributed by atoms with E-state index in [4.69, 9.17) is 30.4 Å². The van der Waals surface area contributed by atoms with Crippen molar-refractivity contribution >= 4 is 56.1 Å². The molecule has 3 atom stereocenters. The van der Waals surface area contributed by atoms with E-state index in [9.17, 15) is 45.3 Å². The van der Waals surface area contributed by atoms with Gasteiger partial charge in [0.2, 0.25) is 0 Å². The molecule has 0 aliphatic carbocycles. The molecular weight excluding hydrogens is 1920 g/mol. The van der Waals surface area contributed by atoms with E-state index in [1.807, 2.05) is 242 Å². The predicted octanol–water partition coefficient (Wildman–Crippen LogP) is 22.6. The maximum atomic E-state index is 14.8. The maximum Gasteiger partial charge on any atom is 0.163 e. The Morgan fingerprint density at radius 3 is 0.916 bits per heavy atom. The van der Waals surface area contributed by atoms with Crippen LogP contribution in [-0.4, -0.2) is 144 Å². The standard InChI is InChI=1S/C30H28F2N4O2.C27H24F2N4O2.C23H15BrF2N4.C23H17F2N5.C6H13NO2.ClH/c1-30(2)37-18-25(38-30)7-4-19-10-21(26-8-6-24(31)13-28(26)32)12-22(11-19)27-15-34-36-17-20(5-9-29(27)36)23-14-33-35(3)16-23;1-32-14-21(12-30-32)18-3-7-27-25(13-31-33(27)15-18)20-9-17(2-5-23(35)16-34)8-19(10-20)24-6-4-22(28)11-26(24)29;1-29-12-17(10-27-29)14-2-5-23-21(11-28-30(23)13-14)16-6-15(7-18(24)8-16)20-4-3-19(25)9-22(20)26;1-29-12-17(10-27-29)14-2-5-23-21(11-28-30(23)13-14)16-6-15(7-19(26)8-16)20-4-3-18(24)9-22(20)25;1-6(2)8-4-5(3-7)9-6;/h5-6,8-17,25H,4,7,18H2,1-3H3;3-4,6-15,23,34-35H,2,5,16H2,1H3;2-13H,1H3;2-13H,26H2,1H3;5H,3-4,7H2,1-2H3;1H. The summed E-state index contributed by atoms with van der Waals surface area (Å²) in [5.74, 6) is -5.92. The molecule has 20 aromatic rings. The number of pyridine rings is 4. The monoisotopic (exact) mass is 2020 g/mol. The third-order valence-electron chi connectivity index (χ3n) is 24.4. The summed E-state index contributed by atoms with van der Waals surface area (Å²) in [4.78, 5) is 0. The van der Waals surface area contributed by atoms with Crippen molar-refractivity contribution < 1.29 is 64.3 Å². The number of benzene rings is 8. The van der Waals surface area contributed by atoms with E-state index < -0.39 is 64.2 Å². The largest absolute Gasteiger partial charge is 0.399 e. The van der Waals surface area contributed by atoms with Crippen LogP contribution in [0.3, 0.4) is 0 Å². The van der Waals surface area contributed by atoms with Gasteiger partial charge in [-0.2, -0.15) is 40.8 Å². The van der Waals surface area contributed by atoms with Gasteiger partial charge < -0.3 is 40.6 Å². The Kier molecular flexibility index (Phi) is 29.6. The van der Waals surface area contributed by atoms with Crippen LogP contribution in [0.15, 0.2) is 298 Å². The van der Waals surface area contributed by atoms with Gasteiger partial charge in [-0.1, -0.05) is 64.5 Å². The van der Waals surface area contributed by atoms with Crippen LogP contribution in [0.25, 0.3) is 156 Å². The topological polar surface area (TPSA) is 270 Å². The number of anilines is 1. The Hall–Kier alpha value is -14.9. The Morgan fingerprint density at radius 1 is 0.350 bits per heavy atom. The molecule has 2 saturated heterocycles. The number of hydrogen-bond donors (Lipinski definition) is 4. The summed E-state index contributed by atoms with van der Waals surface area (Å²) < 4.78 is 149. The first kappa shape index (κ1) is 99.6. The molecular formula is C109H98BrClF8N18O6. The average Bonchev–Trinajstić information content (AvgIpc) is 1.64. The van der Waals surface area contributed by atoms with Crippen molar-refractivity contribution in [2.45, 2.75) is 83.3 Å². The SMILES string of the molecule is CC1(C)OCC(CN)O1.Cl.Cn1cc(-c2ccc3c(-c4cc(Br)cc(-c5ccc(F)cc5F)c4)cnn3c2)cn1.Cn1cc(-c2ccc3c(-c4cc(CCC(O)CO)cc(-c5ccc(F)cc5F)c4)cnn3c2)cn1.Cn1cc(-c2ccc3c(-c4cc(CCC5COC(C)(C)O5)cc(-c5ccc(F)cc5F)c4)cnn3c2)cn1.Cn1cc(-c2ccc3c(-c4cc(N)cc(-c5ccc(F)cc5F)c4)cnn3c2)cn1. The molecule has 0 saturated carbocycles. The number of ether oxygens (including phenoxy) is 4. The van der Waals surface area contributed by atoms with Crippen molar-refractivity contribution in [3.8, 4) is 134 Å². The lowest BCUT2D eigenvalue weighted by Gasteiger charge is -2.17. The number of aromatic nitrogens is 16. The van der Waals surface area contributed by atoms with Gasteiger partial charge in [-0.3, -0.25) is 18.7 Å². The number of nitrogens with zero attached hydrogens (tertiary/aromatic N) is 16. The molecule has 24 nitrogen and oxygen atoms in total. The van der Waals surface area contributed by atoms with E-state index in [2.05, 4.69) is 62.8 Å². The van der Waals surface area contributed by atoms with Crippen molar-refractivity contribution in [3.63, 3.8) is 0 Å². The third-order valence-corrected chi connectivity index (χ3v) is 24.9. The lowest BCUT2D eigenvalue weighted by molar-refractivity contribution is -0.139. The van der Waals surface area contributed by atoms with E-state index in [-0.39, 0.29) is 36.8 Å². The van der Waals surface area contributed by atoms with Crippen LogP contribution in [-0.2, 0) is 60.0 Å². The van der Waals surface area contributed by atoms with Gasteiger partial charge in [0.1, 0.15) is 46.5 Å². The zero-order chi connectivity index (χ0) is 99.5. The molecule has 143 heavy (non-hydrogen) atoms. The number of nitrogens with two attached hydrogens (primary N) is 2. The minimum atomic E-state index is -0.840. The summed E-state index contributed by atoms with van der Waals surface area (Å²) in [6.45, 7) is 8.99. The first-order valence-electron chi connectivity index (χ1n) is 45.6. The number of fused-ring (bicyclic) bond motifs is 4. The lowest BCUT2D eigenvalue weighted by Crippen LogP contribution is -2.26. The number of nitrogen functional groups attached to an aromatic ring is 1. The molecule has 730 valence electrons. The Balaban J connectivity index is 0.000000127. The van der Waals surface area contributed by atoms with Crippen molar-refractivity contribution in [2.24, 2.45) is 33.9 Å². The fourth-order valence-corrected chi connectivity index (χ4v) is 17.9. The van der Waals surface area contributed by atoms with Crippen LogP contribution in [0.1, 0.15) is 51.7 Å². The highest BCUT2D eigenvalue weighted by atomic mass is 79.9. The summed E-state index contributed by atoms with van der Waals surface area (Å²) in [6.07, 6.45) is 31.5. The summed E-state index contributed by atoms with van der Waals surface area (Å²) in [7, 11) is 7.50. The number of aliphatic hydroxyl groups excluding tert-OH is 2. The molecule has 2 aliphatic heterocycles. The smallest absolute Gasteiger partial charge is 0.163 e. The highest BCUT2D eigenvalue weighted by Crippen LogP contribution is 2.42. The van der Waals surface area contributed by atoms with Gasteiger partial charge >= 0.3 is 0 Å². The molecule has 2 fully saturated rings. The zero-order valence-electron chi connectivity index (χ0n) is 78.7. The van der Waals surface area contributed by atoms with Crippen molar-refractivity contribution in [3.05, 3.63) is 355 Å². The molecule has 0 amide bonds. The van der Waals surface area contributed by atoms with Crippen molar-refractivity contribution in [2.75, 3.05) is 32.1 Å². The van der Waals surface area contributed by atoms with Gasteiger partial charge in [0.15, 0.2) is 11.6 Å². The molecule has 14 heterocycles. The number of halogens is 10. The highest BCUT2D eigenvalue weighted by molar-refractivity contribution is 9.10. The van der Waals surface area contributed by atoms with Gasteiger partial charge in [-0.15, -0.1) is 12.4 Å². The van der Waals surface area contributed by atoms with Crippen LogP contribution in [0, 0.1) is 46.5 Å². The van der Waals surface area contributed by atoms with Crippen LogP contribution < -0.4 is 11.5 Å². The second-order valence-electron chi connectivity index (χ2n) is 35.8. The zero-order valence-corrected chi connectivity index (χ0v) is 81.2. The minimum Gasteiger partial charge on any atom is -0.399 e. The van der Waals surface area contributed by atoms with E-state index in [1.54, 1.807) is 64.8 Å². The molecule has 0 bridgehead atoms. The molecule has 34 heteroatoms. The minimum absolute atomic E-state index is 0. The average molecular weight is 2020 g/mol.